The number of rotatable bonds is 4. The van der Waals surface area contributed by atoms with Crippen molar-refractivity contribution in [1.82, 2.24) is 0 Å². The Kier molecular flexibility index (Phi) is 2.54. The molecule has 2 fully saturated rings. The second-order valence-electron chi connectivity index (χ2n) is 3.89. The lowest BCUT2D eigenvalue weighted by Gasteiger charge is -2.24. The van der Waals surface area contributed by atoms with Crippen molar-refractivity contribution >= 4 is 0 Å². The van der Waals surface area contributed by atoms with E-state index in [0.29, 0.717) is 6.10 Å². The SMILES string of the molecule is C=C=CC1(OCC2CO2)CCCC1. The standard InChI is InChI=1S/C11H16O2/c1-2-5-11(6-3-4-7-11)13-9-10-8-12-10/h5,10H,1,3-4,6-9H2. The molecule has 2 aliphatic rings. The molecule has 13 heavy (non-hydrogen) atoms. The molecule has 1 unspecified atom stereocenters. The topological polar surface area (TPSA) is 21.8 Å². The Morgan fingerprint density at radius 3 is 2.77 bits per heavy atom. The number of hydrogen-bond donors (Lipinski definition) is 0. The highest BCUT2D eigenvalue weighted by Gasteiger charge is 2.35. The second-order valence-corrected chi connectivity index (χ2v) is 3.89. The summed E-state index contributed by atoms with van der Waals surface area (Å²) in [5.41, 5.74) is 2.79. The van der Waals surface area contributed by atoms with E-state index >= 15 is 0 Å². The molecule has 2 nitrogen and oxygen atoms in total. The molecule has 2 heteroatoms. The van der Waals surface area contributed by atoms with Gasteiger partial charge in [-0.05, 0) is 18.9 Å². The molecule has 2 rings (SSSR count). The molecular weight excluding hydrogens is 164 g/mol. The van der Waals surface area contributed by atoms with Crippen LogP contribution >= 0.6 is 0 Å². The fourth-order valence-electron chi connectivity index (χ4n) is 1.91. The van der Waals surface area contributed by atoms with Gasteiger partial charge in [0.05, 0.1) is 18.8 Å². The Balaban J connectivity index is 1.90. The van der Waals surface area contributed by atoms with Crippen LogP contribution in [0.4, 0.5) is 0 Å². The predicted molar refractivity (Wildman–Crippen MR) is 50.6 cm³/mol. The molecule has 0 aromatic rings. The summed E-state index contributed by atoms with van der Waals surface area (Å²) in [7, 11) is 0. The zero-order valence-electron chi connectivity index (χ0n) is 7.92. The van der Waals surface area contributed by atoms with E-state index in [1.807, 2.05) is 6.08 Å². The normalized spacial score (nSPS) is 29.7. The van der Waals surface area contributed by atoms with Gasteiger partial charge in [-0.15, -0.1) is 5.73 Å². The molecule has 1 aliphatic heterocycles. The van der Waals surface area contributed by atoms with Crippen molar-refractivity contribution in [1.29, 1.82) is 0 Å². The van der Waals surface area contributed by atoms with Gasteiger partial charge in [-0.3, -0.25) is 0 Å². The van der Waals surface area contributed by atoms with Crippen LogP contribution in [0.2, 0.25) is 0 Å². The molecule has 0 amide bonds. The zero-order valence-corrected chi connectivity index (χ0v) is 7.92. The van der Waals surface area contributed by atoms with Gasteiger partial charge in [0.1, 0.15) is 6.10 Å². The summed E-state index contributed by atoms with van der Waals surface area (Å²) in [5.74, 6) is 0. The van der Waals surface area contributed by atoms with Gasteiger partial charge in [0, 0.05) is 0 Å². The lowest BCUT2D eigenvalue weighted by molar-refractivity contribution is -0.0105. The summed E-state index contributed by atoms with van der Waals surface area (Å²) in [6.45, 7) is 5.22. The van der Waals surface area contributed by atoms with Gasteiger partial charge in [-0.2, -0.15) is 0 Å². The summed E-state index contributed by atoms with van der Waals surface area (Å²) in [6, 6.07) is 0. The van der Waals surface area contributed by atoms with E-state index in [4.69, 9.17) is 9.47 Å². The van der Waals surface area contributed by atoms with Crippen LogP contribution in [0.15, 0.2) is 18.4 Å². The molecule has 72 valence electrons. The minimum atomic E-state index is -0.0618. The first kappa shape index (κ1) is 9.01. The maximum Gasteiger partial charge on any atom is 0.104 e. The van der Waals surface area contributed by atoms with Crippen molar-refractivity contribution < 1.29 is 9.47 Å². The molecule has 1 saturated heterocycles. The van der Waals surface area contributed by atoms with Gasteiger partial charge in [0.25, 0.3) is 0 Å². The zero-order chi connectivity index (χ0) is 9.15. The molecule has 0 spiro atoms. The number of hydrogen-bond acceptors (Lipinski definition) is 2. The molecule has 0 radical (unpaired) electrons. The summed E-state index contributed by atoms with van der Waals surface area (Å²) in [4.78, 5) is 0. The van der Waals surface area contributed by atoms with Crippen LogP contribution in [0.3, 0.4) is 0 Å². The van der Waals surface area contributed by atoms with Crippen LogP contribution in [0.25, 0.3) is 0 Å². The molecule has 1 aliphatic carbocycles. The minimum absolute atomic E-state index is 0.0618. The average Bonchev–Trinajstić information content (AvgIpc) is 2.85. The fraction of sp³-hybridized carbons (Fsp3) is 0.727. The first-order valence-electron chi connectivity index (χ1n) is 4.97. The van der Waals surface area contributed by atoms with Gasteiger partial charge in [0.15, 0.2) is 0 Å². The Hall–Kier alpha value is -0.560. The Bertz CT molecular complexity index is 218. The van der Waals surface area contributed by atoms with E-state index in [2.05, 4.69) is 12.3 Å². The summed E-state index contributed by atoms with van der Waals surface area (Å²) < 4.78 is 11.0. The summed E-state index contributed by atoms with van der Waals surface area (Å²) >= 11 is 0. The lowest BCUT2D eigenvalue weighted by Crippen LogP contribution is -2.27. The van der Waals surface area contributed by atoms with Crippen LogP contribution in [-0.4, -0.2) is 24.9 Å². The van der Waals surface area contributed by atoms with E-state index in [0.717, 1.165) is 26.1 Å². The van der Waals surface area contributed by atoms with Crippen molar-refractivity contribution in [3.63, 3.8) is 0 Å². The van der Waals surface area contributed by atoms with Gasteiger partial charge >= 0.3 is 0 Å². The highest BCUT2D eigenvalue weighted by atomic mass is 16.6. The van der Waals surface area contributed by atoms with Crippen molar-refractivity contribution in [3.05, 3.63) is 18.4 Å². The van der Waals surface area contributed by atoms with E-state index in [9.17, 15) is 0 Å². The summed E-state index contributed by atoms with van der Waals surface area (Å²) in [6.07, 6.45) is 7.08. The third kappa shape index (κ3) is 2.22. The first-order valence-corrected chi connectivity index (χ1v) is 4.97. The van der Waals surface area contributed by atoms with E-state index in [-0.39, 0.29) is 5.60 Å². The van der Waals surface area contributed by atoms with Crippen LogP contribution < -0.4 is 0 Å². The second kappa shape index (κ2) is 3.67. The Labute approximate surface area is 79.2 Å². The molecule has 1 saturated carbocycles. The van der Waals surface area contributed by atoms with Crippen LogP contribution in [0.1, 0.15) is 25.7 Å². The van der Waals surface area contributed by atoms with Gasteiger partial charge in [0.2, 0.25) is 0 Å². The summed E-state index contributed by atoms with van der Waals surface area (Å²) in [5, 5.41) is 0. The van der Waals surface area contributed by atoms with E-state index in [1.54, 1.807) is 0 Å². The minimum Gasteiger partial charge on any atom is -0.371 e. The number of ether oxygens (including phenoxy) is 2. The van der Waals surface area contributed by atoms with Gasteiger partial charge in [-0.25, -0.2) is 0 Å². The smallest absolute Gasteiger partial charge is 0.104 e. The van der Waals surface area contributed by atoms with E-state index in [1.165, 1.54) is 12.8 Å². The van der Waals surface area contributed by atoms with E-state index < -0.39 is 0 Å². The van der Waals surface area contributed by atoms with Crippen LogP contribution in [0, 0.1) is 0 Å². The molecule has 1 heterocycles. The van der Waals surface area contributed by atoms with Crippen LogP contribution in [0.5, 0.6) is 0 Å². The monoisotopic (exact) mass is 180 g/mol. The van der Waals surface area contributed by atoms with Crippen molar-refractivity contribution in [3.8, 4) is 0 Å². The van der Waals surface area contributed by atoms with Gasteiger partial charge in [-0.1, -0.05) is 19.4 Å². The van der Waals surface area contributed by atoms with Crippen molar-refractivity contribution in [2.45, 2.75) is 37.4 Å². The fourth-order valence-corrected chi connectivity index (χ4v) is 1.91. The van der Waals surface area contributed by atoms with Crippen molar-refractivity contribution in [2.75, 3.05) is 13.2 Å². The highest BCUT2D eigenvalue weighted by Crippen LogP contribution is 2.34. The molecule has 1 atom stereocenters. The lowest BCUT2D eigenvalue weighted by atomic mass is 10.0. The average molecular weight is 180 g/mol. The Morgan fingerprint density at radius 2 is 2.23 bits per heavy atom. The molecule has 0 aromatic heterocycles. The quantitative estimate of drug-likeness (QED) is 0.488. The maximum atomic E-state index is 5.87. The third-order valence-electron chi connectivity index (χ3n) is 2.77. The first-order chi connectivity index (χ1) is 6.35. The van der Waals surface area contributed by atoms with Crippen LogP contribution in [-0.2, 0) is 9.47 Å². The third-order valence-corrected chi connectivity index (χ3v) is 2.77. The molecule has 0 bridgehead atoms. The predicted octanol–water partition coefficient (Wildman–Crippen LogP) is 2.06. The van der Waals surface area contributed by atoms with Crippen molar-refractivity contribution in [2.24, 2.45) is 0 Å². The molecule has 0 N–H and O–H groups in total. The maximum absolute atomic E-state index is 5.87. The molecule has 0 aromatic carbocycles. The Morgan fingerprint density at radius 1 is 1.54 bits per heavy atom. The van der Waals surface area contributed by atoms with Gasteiger partial charge < -0.3 is 9.47 Å². The highest BCUT2D eigenvalue weighted by molar-refractivity contribution is 5.03. The molecular formula is C11H16O2. The largest absolute Gasteiger partial charge is 0.371 e. The number of epoxide rings is 1.